The maximum absolute atomic E-state index is 12.3. The van der Waals surface area contributed by atoms with Gasteiger partial charge in [-0.15, -0.1) is 0 Å². The second-order valence-electron chi connectivity index (χ2n) is 10.9. The normalized spacial score (nSPS) is 15.4. The van der Waals surface area contributed by atoms with E-state index in [4.69, 9.17) is 9.47 Å². The number of aryl methyl sites for hydroxylation is 2. The van der Waals surface area contributed by atoms with Crippen molar-refractivity contribution in [2.24, 2.45) is 0 Å². The highest BCUT2D eigenvalue weighted by atomic mass is 16.5. The van der Waals surface area contributed by atoms with E-state index in [1.165, 1.54) is 0 Å². The highest BCUT2D eigenvalue weighted by Gasteiger charge is 2.16. The molecule has 1 aliphatic rings. The summed E-state index contributed by atoms with van der Waals surface area (Å²) in [7, 11) is 0. The van der Waals surface area contributed by atoms with Gasteiger partial charge < -0.3 is 29.4 Å². The molecule has 0 aromatic carbocycles. The fourth-order valence-corrected chi connectivity index (χ4v) is 5.71. The number of carbonyl (C=O) groups is 2. The molecule has 8 heteroatoms. The maximum atomic E-state index is 12.3. The summed E-state index contributed by atoms with van der Waals surface area (Å²) in [6.45, 7) is 12.7. The van der Waals surface area contributed by atoms with Crippen LogP contribution in [0.4, 0.5) is 0 Å². The van der Waals surface area contributed by atoms with Gasteiger partial charge in [-0.1, -0.05) is 0 Å². The van der Waals surface area contributed by atoms with Crippen LogP contribution in [0.5, 0.6) is 0 Å². The number of esters is 2. The summed E-state index contributed by atoms with van der Waals surface area (Å²) in [6.07, 6.45) is 10.2. The summed E-state index contributed by atoms with van der Waals surface area (Å²) in [4.78, 5) is 39.0. The fraction of sp³-hybridized carbons (Fsp3) is 0.353. The monoisotopic (exact) mass is 568 g/mol. The molecule has 4 N–H and O–H groups in total. The lowest BCUT2D eigenvalue weighted by molar-refractivity contribution is -0.144. The zero-order chi connectivity index (χ0) is 30.0. The third kappa shape index (κ3) is 6.08. The Hall–Kier alpha value is -4.46. The lowest BCUT2D eigenvalue weighted by atomic mass is 10.0. The molecule has 1 aliphatic heterocycles. The molecule has 0 fully saturated rings. The Labute approximate surface area is 245 Å². The Morgan fingerprint density at radius 3 is 1.98 bits per heavy atom. The van der Waals surface area contributed by atoms with Crippen LogP contribution in [0.25, 0.3) is 24.3 Å². The Bertz CT molecular complexity index is 1890. The minimum Gasteiger partial charge on any atom is -0.466 e. The predicted octanol–water partition coefficient (Wildman–Crippen LogP) is 2.85. The Morgan fingerprint density at radius 2 is 1.29 bits per heavy atom. The first-order valence-electron chi connectivity index (χ1n) is 14.7. The molecular formula is C34H40N4O4. The highest BCUT2D eigenvalue weighted by Crippen LogP contribution is 2.22. The number of nitrogens with one attached hydrogen (secondary N) is 4. The molecule has 5 rings (SSSR count). The van der Waals surface area contributed by atoms with E-state index in [1.807, 2.05) is 13.8 Å². The molecule has 220 valence electrons. The van der Waals surface area contributed by atoms with E-state index in [0.29, 0.717) is 38.9 Å². The summed E-state index contributed by atoms with van der Waals surface area (Å²) in [6, 6.07) is 4.29. The van der Waals surface area contributed by atoms with E-state index in [9.17, 15) is 9.59 Å². The van der Waals surface area contributed by atoms with Gasteiger partial charge in [-0.05, 0) is 124 Å². The van der Waals surface area contributed by atoms with Crippen LogP contribution in [0.2, 0.25) is 0 Å². The Balaban J connectivity index is 1.76. The molecule has 0 saturated heterocycles. The number of aromatic amines is 4. The number of hydrogen-bond acceptors (Lipinski definition) is 4. The molecule has 42 heavy (non-hydrogen) atoms. The molecule has 0 amide bonds. The zero-order valence-electron chi connectivity index (χ0n) is 25.3. The van der Waals surface area contributed by atoms with Crippen molar-refractivity contribution in [3.8, 4) is 0 Å². The van der Waals surface area contributed by atoms with Gasteiger partial charge in [0, 0.05) is 57.0 Å². The van der Waals surface area contributed by atoms with Crippen molar-refractivity contribution in [3.05, 3.63) is 89.7 Å². The minimum absolute atomic E-state index is 0.212. The molecule has 4 aromatic rings. The summed E-state index contributed by atoms with van der Waals surface area (Å²) < 4.78 is 10.5. The van der Waals surface area contributed by atoms with Crippen molar-refractivity contribution < 1.29 is 19.1 Å². The number of hydrogen-bond donors (Lipinski definition) is 4. The molecule has 0 spiro atoms. The SMILES string of the molecule is CCOC(=O)CCc1c2[nH]c(c1C)/C=c1/cc(C)/c([nH]1)=C/c1cc(C)c([nH]1)/C=c1\[nH]/c(c(CCC(=O)OCC)c1C)=C\2. The van der Waals surface area contributed by atoms with Crippen molar-refractivity contribution in [3.63, 3.8) is 0 Å². The first kappa shape index (κ1) is 29.0. The van der Waals surface area contributed by atoms with Gasteiger partial charge in [0.1, 0.15) is 0 Å². The summed E-state index contributed by atoms with van der Waals surface area (Å²) >= 11 is 0. The lowest BCUT2D eigenvalue weighted by Gasteiger charge is -2.04. The van der Waals surface area contributed by atoms with Crippen LogP contribution in [0, 0.1) is 27.7 Å². The van der Waals surface area contributed by atoms with E-state index >= 15 is 0 Å². The molecule has 0 atom stereocenters. The zero-order valence-corrected chi connectivity index (χ0v) is 25.3. The first-order valence-corrected chi connectivity index (χ1v) is 14.7. The molecule has 8 bridgehead atoms. The third-order valence-electron chi connectivity index (χ3n) is 8.00. The highest BCUT2D eigenvalue weighted by molar-refractivity contribution is 5.71. The second kappa shape index (κ2) is 12.2. The smallest absolute Gasteiger partial charge is 0.306 e. The van der Waals surface area contributed by atoms with E-state index in [2.05, 4.69) is 84.1 Å². The third-order valence-corrected chi connectivity index (χ3v) is 8.00. The van der Waals surface area contributed by atoms with Crippen LogP contribution < -0.4 is 21.4 Å². The molecule has 0 aliphatic carbocycles. The molecular weight excluding hydrogens is 528 g/mol. The number of ether oxygens (including phenoxy) is 2. The van der Waals surface area contributed by atoms with Crippen molar-refractivity contribution in [2.75, 3.05) is 13.2 Å². The van der Waals surface area contributed by atoms with Gasteiger partial charge in [0.25, 0.3) is 0 Å². The largest absolute Gasteiger partial charge is 0.466 e. The summed E-state index contributed by atoms with van der Waals surface area (Å²) in [5, 5.41) is 3.93. The van der Waals surface area contributed by atoms with Crippen LogP contribution >= 0.6 is 0 Å². The van der Waals surface area contributed by atoms with Crippen LogP contribution in [0.1, 0.15) is 82.8 Å². The van der Waals surface area contributed by atoms with E-state index < -0.39 is 0 Å². The summed E-state index contributed by atoms with van der Waals surface area (Å²) in [5.41, 5.74) is 10.5. The molecule has 0 unspecified atom stereocenters. The van der Waals surface area contributed by atoms with Crippen molar-refractivity contribution in [2.45, 2.75) is 67.2 Å². The average Bonchev–Trinajstić information content (AvgIpc) is 3.63. The number of aromatic nitrogens is 4. The van der Waals surface area contributed by atoms with Gasteiger partial charge in [0.15, 0.2) is 0 Å². The number of rotatable bonds is 8. The topological polar surface area (TPSA) is 116 Å². The predicted molar refractivity (Wildman–Crippen MR) is 165 cm³/mol. The van der Waals surface area contributed by atoms with Gasteiger partial charge in [-0.3, -0.25) is 9.59 Å². The van der Waals surface area contributed by atoms with Crippen LogP contribution in [-0.4, -0.2) is 45.1 Å². The van der Waals surface area contributed by atoms with E-state index in [0.717, 1.165) is 77.6 Å². The molecule has 0 saturated carbocycles. The van der Waals surface area contributed by atoms with Gasteiger partial charge >= 0.3 is 11.9 Å². The van der Waals surface area contributed by atoms with Gasteiger partial charge in [-0.2, -0.15) is 0 Å². The van der Waals surface area contributed by atoms with Crippen molar-refractivity contribution >= 4 is 36.2 Å². The molecule has 5 heterocycles. The molecule has 0 radical (unpaired) electrons. The van der Waals surface area contributed by atoms with Crippen molar-refractivity contribution in [1.29, 1.82) is 0 Å². The number of carbonyl (C=O) groups excluding carboxylic acids is 2. The van der Waals surface area contributed by atoms with Gasteiger partial charge in [0.2, 0.25) is 0 Å². The average molecular weight is 569 g/mol. The van der Waals surface area contributed by atoms with Crippen LogP contribution in [0.3, 0.4) is 0 Å². The molecule has 4 aromatic heterocycles. The Kier molecular flexibility index (Phi) is 8.43. The maximum Gasteiger partial charge on any atom is 0.306 e. The van der Waals surface area contributed by atoms with Crippen molar-refractivity contribution in [1.82, 2.24) is 19.9 Å². The number of H-pyrrole nitrogens is 4. The van der Waals surface area contributed by atoms with Gasteiger partial charge in [0.05, 0.1) is 13.2 Å². The van der Waals surface area contributed by atoms with Crippen LogP contribution in [0.15, 0.2) is 12.1 Å². The quantitative estimate of drug-likeness (QED) is 0.216. The first-order chi connectivity index (χ1) is 20.2. The van der Waals surface area contributed by atoms with Crippen LogP contribution in [-0.2, 0) is 31.9 Å². The van der Waals surface area contributed by atoms with E-state index in [1.54, 1.807) is 0 Å². The second-order valence-corrected chi connectivity index (χ2v) is 10.9. The minimum atomic E-state index is -0.212. The van der Waals surface area contributed by atoms with E-state index in [-0.39, 0.29) is 11.9 Å². The van der Waals surface area contributed by atoms with Gasteiger partial charge in [-0.25, -0.2) is 0 Å². The fourth-order valence-electron chi connectivity index (χ4n) is 5.71. The standard InChI is InChI=1S/C34H40N4O4/c1-7-41-33(39)11-9-25-21(5)29-16-24-13-19(3)27(35-24)15-23-14-20(4)28(36-23)17-30-22(6)26(10-12-34(40)42-8-2)32(38-30)18-31(25)37-29/h13-18,35-38H,7-12H2,1-6H3/b23-15?,24-16-,27-15-,28-17?,29-16?,30-17-,31-18?,32-18-. The Morgan fingerprint density at radius 1 is 0.619 bits per heavy atom. The number of fused-ring (bicyclic) bond motifs is 8. The molecule has 8 nitrogen and oxygen atoms in total. The lowest BCUT2D eigenvalue weighted by Crippen LogP contribution is -2.14. The summed E-state index contributed by atoms with van der Waals surface area (Å²) in [5.74, 6) is -0.423.